The molecule has 0 aliphatic heterocycles. The summed E-state index contributed by atoms with van der Waals surface area (Å²) in [5.74, 6) is 0. The van der Waals surface area contributed by atoms with Crippen LogP contribution in [0.1, 0.15) is 113 Å². The smallest absolute Gasteiger partial charge is 0.0648 e. The third kappa shape index (κ3) is 13.8. The van der Waals surface area contributed by atoms with E-state index in [-0.39, 0.29) is 138 Å². The lowest BCUT2D eigenvalue weighted by Gasteiger charge is -2.15. The fraction of sp³-hybridized carbons (Fsp3) is 0.0294. The van der Waals surface area contributed by atoms with E-state index in [1.165, 1.54) is 38.1 Å². The van der Waals surface area contributed by atoms with Crippen molar-refractivity contribution >= 4 is 174 Å². The summed E-state index contributed by atoms with van der Waals surface area (Å²) < 4.78 is 583. The van der Waals surface area contributed by atoms with Crippen molar-refractivity contribution in [2.24, 2.45) is 0 Å². The van der Waals surface area contributed by atoms with Gasteiger partial charge >= 0.3 is 0 Å². The Morgan fingerprint density at radius 3 is 0.514 bits per heavy atom. The Morgan fingerprint density at radius 1 is 0.139 bits per heavy atom. The fourth-order valence-electron chi connectivity index (χ4n) is 19.0. The van der Waals surface area contributed by atoms with Crippen molar-refractivity contribution in [2.75, 3.05) is 0 Å². The van der Waals surface area contributed by atoms with Crippen LogP contribution in [0.2, 0.25) is 0 Å². The van der Waals surface area contributed by atoms with Crippen molar-refractivity contribution in [2.45, 2.75) is 27.6 Å². The van der Waals surface area contributed by atoms with Crippen LogP contribution in [0.15, 0.2) is 508 Å². The van der Waals surface area contributed by atoms with Gasteiger partial charge in [0, 0.05) is 140 Å². The molecule has 0 spiro atoms. The van der Waals surface area contributed by atoms with Gasteiger partial charge in [0.05, 0.1) is 171 Å². The number of fused-ring (bicyclic) bond motifs is 24. The predicted molar refractivity (Wildman–Crippen MR) is 610 cm³/mol. The van der Waals surface area contributed by atoms with Gasteiger partial charge in [-0.05, 0) is 266 Å². The highest BCUT2D eigenvalue weighted by Gasteiger charge is 2.24. The summed E-state index contributed by atoms with van der Waals surface area (Å²) in [5.41, 5.74) is -4.48. The topological polar surface area (TPSA) is 39.4 Å². The average Bonchev–Trinajstić information content (AvgIpc) is 1.53. The van der Waals surface area contributed by atoms with Crippen LogP contribution < -0.4 is 0 Å². The maximum atomic E-state index is 9.49. The van der Waals surface area contributed by atoms with E-state index in [9.17, 15) is 16.4 Å². The van der Waals surface area contributed by atoms with Crippen molar-refractivity contribution in [3.63, 3.8) is 0 Å². The number of rotatable bonds is 10. The molecule has 680 valence electrons. The highest BCUT2D eigenvalue weighted by molar-refractivity contribution is 6.16. The Hall–Kier alpha value is -18.8. The van der Waals surface area contributed by atoms with Crippen molar-refractivity contribution in [3.05, 3.63) is 530 Å². The number of hydrogen-bond donors (Lipinski definition) is 0. The quantitative estimate of drug-likeness (QED) is 0.131. The largest absolute Gasteiger partial charge is 0.309 e. The van der Waals surface area contributed by atoms with Gasteiger partial charge < -0.3 is 36.5 Å². The van der Waals surface area contributed by atoms with E-state index >= 15 is 0 Å². The molecule has 0 fully saturated rings. The van der Waals surface area contributed by atoms with Gasteiger partial charge in [-0.1, -0.05) is 314 Å². The monoisotopic (exact) mass is 1910 g/mol. The van der Waals surface area contributed by atoms with Gasteiger partial charge in [-0.2, -0.15) is 0 Å². The lowest BCUT2D eigenvalue weighted by Crippen LogP contribution is -1.98. The summed E-state index contributed by atoms with van der Waals surface area (Å²) in [4.78, 5) is 0. The molecule has 8 heterocycles. The molecule has 0 radical (unpaired) electrons. The van der Waals surface area contributed by atoms with E-state index < -0.39 is 390 Å². The second-order valence-corrected chi connectivity index (χ2v) is 32.9. The lowest BCUT2D eigenvalue weighted by molar-refractivity contribution is 1.14. The molecule has 8 aromatic heterocycles. The molecule has 144 heavy (non-hydrogen) atoms. The first-order valence-electron chi connectivity index (χ1n) is 77.3. The highest BCUT2D eigenvalue weighted by atomic mass is 15.0. The third-order valence-electron chi connectivity index (χ3n) is 25.1. The van der Waals surface area contributed by atoms with Crippen LogP contribution in [0, 0.1) is 27.6 Å². The van der Waals surface area contributed by atoms with Crippen LogP contribution in [-0.2, 0) is 0 Å². The average molecular weight is 1910 g/mol. The van der Waals surface area contributed by atoms with Crippen LogP contribution in [0.25, 0.3) is 242 Å². The van der Waals surface area contributed by atoms with Gasteiger partial charge in [0.15, 0.2) is 0 Å². The molecule has 0 N–H and O–H groups in total. The zero-order valence-corrected chi connectivity index (χ0v) is 74.4. The number of nitrogens with zero attached hydrogens (tertiary/aromatic N) is 8. The van der Waals surface area contributed by atoms with Gasteiger partial charge in [-0.3, -0.25) is 0 Å². The molecule has 0 unspecified atom stereocenters. The molecule has 30 aromatic rings. The summed E-state index contributed by atoms with van der Waals surface area (Å²) in [5, 5.41) is 1.42. The number of benzene rings is 22. The Morgan fingerprint density at radius 2 is 0.306 bits per heavy atom. The van der Waals surface area contributed by atoms with Crippen molar-refractivity contribution in [3.8, 4) is 67.8 Å². The molecule has 0 aliphatic rings. The minimum absolute atomic E-state index is 0.138. The van der Waals surface area contributed by atoms with E-state index in [0.29, 0.717) is 66.7 Å². The zero-order chi connectivity index (χ0) is 153. The molecule has 22 aromatic carbocycles. The molecule has 0 aliphatic carbocycles. The predicted octanol–water partition coefficient (Wildman–Crippen LogP) is 36.1. The molecule has 0 amide bonds. The summed E-state index contributed by atoms with van der Waals surface area (Å²) in [6.45, 7) is -4.67. The maximum Gasteiger partial charge on any atom is 0.0648 e. The van der Waals surface area contributed by atoms with E-state index in [1.807, 2.05) is 48.5 Å². The number of hydrogen-bond acceptors (Lipinski definition) is 0. The van der Waals surface area contributed by atoms with Crippen molar-refractivity contribution in [1.82, 2.24) is 36.5 Å². The van der Waals surface area contributed by atoms with Crippen LogP contribution in [0.5, 0.6) is 0 Å². The first-order valence-corrected chi connectivity index (χ1v) is 44.3. The molecule has 0 bridgehead atoms. The minimum atomic E-state index is -3.66. The van der Waals surface area contributed by atoms with E-state index in [1.54, 1.807) is 57.7 Å². The molecular formula is C136H96N8. The highest BCUT2D eigenvalue weighted by Crippen LogP contribution is 2.45. The minimum Gasteiger partial charge on any atom is -0.309 e. The summed E-state index contributed by atoms with van der Waals surface area (Å²) in [6, 6.07) is 5.33. The van der Waals surface area contributed by atoms with Crippen molar-refractivity contribution in [1.29, 1.82) is 0 Å². The van der Waals surface area contributed by atoms with Crippen LogP contribution in [-0.4, -0.2) is 36.5 Å². The van der Waals surface area contributed by atoms with E-state index in [4.69, 9.17) is 74.0 Å². The van der Waals surface area contributed by atoms with Gasteiger partial charge in [0.2, 0.25) is 0 Å². The van der Waals surface area contributed by atoms with E-state index in [0.717, 1.165) is 64.1 Å². The first kappa shape index (κ1) is 41.0. The van der Waals surface area contributed by atoms with Crippen LogP contribution in [0.4, 0.5) is 0 Å². The summed E-state index contributed by atoms with van der Waals surface area (Å²) in [7, 11) is 0. The number of para-hydroxylation sites is 16. The zero-order valence-electron chi connectivity index (χ0n) is 140. The van der Waals surface area contributed by atoms with Crippen molar-refractivity contribution < 1.29 is 90.5 Å². The molecular weight excluding hydrogens is 1750 g/mol. The Labute approximate surface area is 925 Å². The third-order valence-corrected chi connectivity index (χ3v) is 25.1. The van der Waals surface area contributed by atoms with Crippen LogP contribution >= 0.6 is 0 Å². The van der Waals surface area contributed by atoms with Crippen LogP contribution in [0.3, 0.4) is 0 Å². The Balaban J connectivity index is 0.000000130. The normalized spacial score (nSPS) is 18.4. The lowest BCUT2D eigenvalue weighted by atomic mass is 9.95. The Bertz CT molecular complexity index is 13200. The molecule has 8 heteroatoms. The van der Waals surface area contributed by atoms with Gasteiger partial charge in [0.25, 0.3) is 0 Å². The molecule has 30 rings (SSSR count). The standard InChI is InChI=1S/2C38H28N2.2C30H20N2/c2*1-25-23-27(39-35-15-7-3-11-31(35)32-12-4-8-16-36(32)39)19-21-29(25)30-22-20-28(24-26(30)2)40-37-17-9-5-13-33(37)34-14-6-10-18-38(34)40;2*1-5-13-27-23(9-1)24-10-2-6-14-28(24)31(27)21-17-19-22(20-18-21)32-29-15-7-3-11-25(29)26-12-4-8-16-30(26)32/h2*3-24H,1-2H3;2*1-20H/i1D3,2D3,3D,4D,5D,6D,7D,8D,9D,10D,11D,12D,13D,14D,15D,16D,17D,18D,19D,20D,21D,22D,23D,24D;3D,4D,5D,6D,7D,8D,9D,10D,11D,12D,13D,14D,15D,16D,17D,18D,19D,20D,21D,22D,23D,24D;1D,2D,3D,4D,5D,6D,7D,8D,9D,10D,11D,12D;1D,2D,3D,4D. The molecule has 8 nitrogen and oxygen atoms in total. The summed E-state index contributed by atoms with van der Waals surface area (Å²) in [6.07, 6.45) is 0. The molecule has 0 saturated carbocycles. The van der Waals surface area contributed by atoms with Gasteiger partial charge in [0.1, 0.15) is 0 Å². The second-order valence-electron chi connectivity index (χ2n) is 32.9. The Kier molecular flexibility index (Phi) is 9.87. The molecule has 0 atom stereocenters. The number of aromatic nitrogens is 8. The maximum absolute atomic E-state index is 9.49. The van der Waals surface area contributed by atoms with Gasteiger partial charge in [-0.25, -0.2) is 0 Å². The summed E-state index contributed by atoms with van der Waals surface area (Å²) >= 11 is 0. The second kappa shape index (κ2) is 34.7. The first-order chi connectivity index (χ1) is 98.4. The SMILES string of the molecule is [2H]c1c([2H])c(-n2c3c([2H])c([2H])c([2H])c([2H])c3c3c([2H])c([2H])c([2H])c([2H])c32)c([2H])c(C([2H])([2H])[2H])c1-c1c([2H])c([2H])c(-n2c3c([2H])c([2H])c([2H])c([2H])c3c3c([2H])c([2H])c([2H])c([2H])c32)c([2H])c1C([2H])([2H])[2H].[2H]c1c([2H])c(-n2c3c([2H])c([2H])c([2H])c([2H])c3c3c([2H])c([2H])c([2H])c([2H])c32)c([2H])c(C)c1-c1c([2H])c([2H])c(-n2c3c([2H])c([2H])c([2H])c([2H])c3c3c([2H])c([2H])c([2H])c([2H])c32)c([2H])c1C.[2H]c1cc2c(c([2H])c1[2H])c1c([2H])c([2H])c([2H])cc1n2-c1ccc(-n2c3cc([2H])c([2H])c([2H])c3c3c([2H])c([2H])c([2H])cc32)cc1.[2H]c1ccc2c(c1)c1cc([2H])ccc1n2-c1ccc(-n2c3ccc([2H])cc3c3cc([2H])ccc32)cc1. The molecule has 0 saturated heterocycles. The van der Waals surface area contributed by atoms with Gasteiger partial charge in [-0.15, -0.1) is 0 Å². The fourth-order valence-corrected chi connectivity index (χ4v) is 19.0. The van der Waals surface area contributed by atoms with E-state index in [2.05, 4.69) is 33.4 Å².